The molecule has 158 valence electrons. The summed E-state index contributed by atoms with van der Waals surface area (Å²) in [5, 5.41) is 1.17. The van der Waals surface area contributed by atoms with E-state index in [1.165, 1.54) is 18.2 Å². The number of fused-ring (bicyclic) bond motifs is 1. The average molecular weight is 456 g/mol. The van der Waals surface area contributed by atoms with Crippen molar-refractivity contribution >= 4 is 55.6 Å². The van der Waals surface area contributed by atoms with Gasteiger partial charge in [-0.25, -0.2) is 8.42 Å². The van der Waals surface area contributed by atoms with E-state index >= 15 is 0 Å². The quantitative estimate of drug-likeness (QED) is 0.688. The molecule has 0 aromatic heterocycles. The second-order valence-electron chi connectivity index (χ2n) is 7.89. The number of aliphatic imine (C=N–C) groups is 1. The van der Waals surface area contributed by atoms with Gasteiger partial charge >= 0.3 is 0 Å². The number of nitrogens with zero attached hydrogens (tertiary/aromatic N) is 3. The minimum absolute atomic E-state index is 0.0910. The van der Waals surface area contributed by atoms with E-state index in [1.807, 2.05) is 30.0 Å². The lowest BCUT2D eigenvalue weighted by atomic mass is 10.1. The van der Waals surface area contributed by atoms with Crippen LogP contribution in [0.25, 0.3) is 0 Å². The van der Waals surface area contributed by atoms with Crippen molar-refractivity contribution in [1.29, 1.82) is 0 Å². The number of carbonyl (C=O) groups excluding carboxylic acids is 1. The Morgan fingerprint density at radius 2 is 1.97 bits per heavy atom. The van der Waals surface area contributed by atoms with E-state index in [-0.39, 0.29) is 28.7 Å². The summed E-state index contributed by atoms with van der Waals surface area (Å²) in [5.41, 5.74) is 1.90. The van der Waals surface area contributed by atoms with Gasteiger partial charge in [-0.1, -0.05) is 30.3 Å². The van der Waals surface area contributed by atoms with Gasteiger partial charge in [-0.2, -0.15) is 4.99 Å². The third-order valence-electron chi connectivity index (χ3n) is 5.64. The minimum atomic E-state index is -3.10. The summed E-state index contributed by atoms with van der Waals surface area (Å²) in [7, 11) is -3.10. The number of piperidine rings is 1. The van der Waals surface area contributed by atoms with Crippen LogP contribution in [0, 0.1) is 0 Å². The van der Waals surface area contributed by atoms with Gasteiger partial charge in [0.25, 0.3) is 0 Å². The van der Waals surface area contributed by atoms with Crippen LogP contribution >= 0.6 is 23.4 Å². The van der Waals surface area contributed by atoms with Crippen LogP contribution < -0.4 is 9.80 Å². The van der Waals surface area contributed by atoms with Gasteiger partial charge < -0.3 is 9.80 Å². The second-order valence-corrected chi connectivity index (χ2v) is 11.7. The van der Waals surface area contributed by atoms with Gasteiger partial charge in [-0.05, 0) is 43.9 Å². The van der Waals surface area contributed by atoms with E-state index in [4.69, 9.17) is 11.6 Å². The SMILES string of the molecule is CCCC(=O)N=C1S[C@@H]2CS(=O)(=O)C[C@@H]2N1c1ccc(Cl)cc1N1CCCCC1. The number of anilines is 2. The monoisotopic (exact) mass is 455 g/mol. The van der Waals surface area contributed by atoms with Crippen LogP contribution in [0.4, 0.5) is 11.4 Å². The fourth-order valence-corrected chi connectivity index (χ4v) is 8.40. The Balaban J connectivity index is 1.77. The molecule has 0 spiro atoms. The highest BCUT2D eigenvalue weighted by Crippen LogP contribution is 2.45. The number of thioether (sulfide) groups is 1. The van der Waals surface area contributed by atoms with E-state index in [0.29, 0.717) is 16.6 Å². The number of amidine groups is 1. The molecular weight excluding hydrogens is 430 g/mol. The number of hydrogen-bond acceptors (Lipinski definition) is 5. The first-order valence-corrected chi connectivity index (χ1v) is 13.3. The second kappa shape index (κ2) is 8.47. The standard InChI is InChI=1S/C20H26ClN3O3S2/c1-2-6-19(25)22-20-24(17-12-29(26,27)13-18(17)28-20)15-8-7-14(21)11-16(15)23-9-4-3-5-10-23/h7-8,11,17-18H,2-6,9-10,12-13H2,1H3/t17-,18+/m0/s1. The van der Waals surface area contributed by atoms with Crippen molar-refractivity contribution in [2.45, 2.75) is 50.3 Å². The maximum Gasteiger partial charge on any atom is 0.248 e. The molecular formula is C20H26ClN3O3S2. The zero-order valence-corrected chi connectivity index (χ0v) is 18.9. The average Bonchev–Trinajstić information content (AvgIpc) is 3.13. The predicted octanol–water partition coefficient (Wildman–Crippen LogP) is 3.73. The number of halogens is 1. The van der Waals surface area contributed by atoms with E-state index < -0.39 is 9.84 Å². The van der Waals surface area contributed by atoms with Crippen LogP contribution in [0.15, 0.2) is 23.2 Å². The lowest BCUT2D eigenvalue weighted by molar-refractivity contribution is -0.117. The Morgan fingerprint density at radius 3 is 2.69 bits per heavy atom. The van der Waals surface area contributed by atoms with Gasteiger partial charge in [0, 0.05) is 29.8 Å². The number of sulfone groups is 1. The van der Waals surface area contributed by atoms with Crippen molar-refractivity contribution in [2.75, 3.05) is 34.4 Å². The number of hydrogen-bond donors (Lipinski definition) is 0. The van der Waals surface area contributed by atoms with Crippen LogP contribution in [0.5, 0.6) is 0 Å². The molecule has 6 nitrogen and oxygen atoms in total. The maximum absolute atomic E-state index is 12.3. The van der Waals surface area contributed by atoms with E-state index in [2.05, 4.69) is 9.89 Å². The molecule has 0 bridgehead atoms. The molecule has 4 rings (SSSR count). The highest BCUT2D eigenvalue weighted by molar-refractivity contribution is 8.16. The van der Waals surface area contributed by atoms with Gasteiger partial charge in [-0.15, -0.1) is 0 Å². The Labute approximate surface area is 181 Å². The molecule has 0 unspecified atom stereocenters. The smallest absolute Gasteiger partial charge is 0.248 e. The summed E-state index contributed by atoms with van der Waals surface area (Å²) in [6, 6.07) is 5.52. The third kappa shape index (κ3) is 4.44. The molecule has 1 aromatic rings. The summed E-state index contributed by atoms with van der Waals surface area (Å²) in [5.74, 6) is 0.0662. The van der Waals surface area contributed by atoms with Crippen LogP contribution in [-0.4, -0.2) is 55.4 Å². The fraction of sp³-hybridized carbons (Fsp3) is 0.600. The molecule has 3 saturated heterocycles. The fourth-order valence-electron chi connectivity index (χ4n) is 4.31. The Bertz CT molecular complexity index is 929. The first-order valence-electron chi connectivity index (χ1n) is 10.2. The van der Waals surface area contributed by atoms with Crippen molar-refractivity contribution in [3.63, 3.8) is 0 Å². The summed E-state index contributed by atoms with van der Waals surface area (Å²) in [4.78, 5) is 21.0. The van der Waals surface area contributed by atoms with Crippen LogP contribution in [0.3, 0.4) is 0 Å². The highest BCUT2D eigenvalue weighted by Gasteiger charge is 2.50. The topological polar surface area (TPSA) is 70.0 Å². The molecule has 1 amide bonds. The zero-order valence-electron chi connectivity index (χ0n) is 16.5. The first kappa shape index (κ1) is 21.0. The number of rotatable bonds is 4. The van der Waals surface area contributed by atoms with Crippen LogP contribution in [-0.2, 0) is 14.6 Å². The van der Waals surface area contributed by atoms with Gasteiger partial charge in [0.2, 0.25) is 5.91 Å². The van der Waals surface area contributed by atoms with Gasteiger partial charge in [0.1, 0.15) is 0 Å². The lowest BCUT2D eigenvalue weighted by Crippen LogP contribution is -2.39. The number of carbonyl (C=O) groups is 1. The van der Waals surface area contributed by atoms with Crippen molar-refractivity contribution < 1.29 is 13.2 Å². The molecule has 3 aliphatic heterocycles. The van der Waals surface area contributed by atoms with Crippen molar-refractivity contribution in [3.05, 3.63) is 23.2 Å². The van der Waals surface area contributed by atoms with Gasteiger partial charge in [0.05, 0.1) is 28.9 Å². The summed E-state index contributed by atoms with van der Waals surface area (Å²) in [6.07, 6.45) is 4.59. The molecule has 29 heavy (non-hydrogen) atoms. The van der Waals surface area contributed by atoms with Crippen LogP contribution in [0.2, 0.25) is 5.02 Å². The van der Waals surface area contributed by atoms with E-state index in [9.17, 15) is 13.2 Å². The maximum atomic E-state index is 12.3. The zero-order chi connectivity index (χ0) is 20.6. The number of amides is 1. The largest absolute Gasteiger partial charge is 0.370 e. The highest BCUT2D eigenvalue weighted by atomic mass is 35.5. The number of benzene rings is 1. The lowest BCUT2D eigenvalue weighted by Gasteiger charge is -2.34. The normalized spacial score (nSPS) is 27.4. The Kier molecular flexibility index (Phi) is 6.14. The van der Waals surface area contributed by atoms with Crippen molar-refractivity contribution in [3.8, 4) is 0 Å². The summed E-state index contributed by atoms with van der Waals surface area (Å²) >= 11 is 7.76. The van der Waals surface area contributed by atoms with E-state index in [1.54, 1.807) is 0 Å². The molecule has 0 radical (unpaired) electrons. The Hall–Kier alpha value is -1.25. The Morgan fingerprint density at radius 1 is 1.21 bits per heavy atom. The third-order valence-corrected chi connectivity index (χ3v) is 9.09. The molecule has 3 fully saturated rings. The van der Waals surface area contributed by atoms with Crippen molar-refractivity contribution in [2.24, 2.45) is 4.99 Å². The molecule has 9 heteroatoms. The molecule has 1 aromatic carbocycles. The summed E-state index contributed by atoms with van der Waals surface area (Å²) in [6.45, 7) is 3.84. The van der Waals surface area contributed by atoms with Crippen LogP contribution in [0.1, 0.15) is 39.0 Å². The minimum Gasteiger partial charge on any atom is -0.370 e. The predicted molar refractivity (Wildman–Crippen MR) is 121 cm³/mol. The van der Waals surface area contributed by atoms with Gasteiger partial charge in [0.15, 0.2) is 15.0 Å². The van der Waals surface area contributed by atoms with Gasteiger partial charge in [-0.3, -0.25) is 4.79 Å². The summed E-state index contributed by atoms with van der Waals surface area (Å²) < 4.78 is 24.6. The molecule has 3 heterocycles. The molecule has 0 aliphatic carbocycles. The molecule has 0 saturated carbocycles. The molecule has 3 aliphatic rings. The molecule has 2 atom stereocenters. The molecule has 0 N–H and O–H groups in total. The van der Waals surface area contributed by atoms with E-state index in [0.717, 1.165) is 43.7 Å². The van der Waals surface area contributed by atoms with Crippen molar-refractivity contribution in [1.82, 2.24) is 0 Å². The first-order chi connectivity index (χ1) is 13.9.